The first kappa shape index (κ1) is 16.9. The summed E-state index contributed by atoms with van der Waals surface area (Å²) in [5, 5.41) is 2.61. The Balaban J connectivity index is 1.92. The van der Waals surface area contributed by atoms with Crippen molar-refractivity contribution in [2.45, 2.75) is 6.92 Å². The molecule has 0 radical (unpaired) electrons. The number of ether oxygens (including phenoxy) is 1. The number of rotatable bonds is 5. The number of hydrogen-bond acceptors (Lipinski definition) is 4. The molecule has 0 bridgehead atoms. The van der Waals surface area contributed by atoms with Gasteiger partial charge >= 0.3 is 5.97 Å². The van der Waals surface area contributed by atoms with Gasteiger partial charge in [0.15, 0.2) is 12.4 Å². The highest BCUT2D eigenvalue weighted by Gasteiger charge is 2.12. The van der Waals surface area contributed by atoms with Crippen LogP contribution in [0.1, 0.15) is 27.6 Å². The van der Waals surface area contributed by atoms with Gasteiger partial charge in [0.1, 0.15) is 0 Å². The maximum Gasteiger partial charge on any atom is 0.338 e. The van der Waals surface area contributed by atoms with Gasteiger partial charge < -0.3 is 10.1 Å². The Kier molecular flexibility index (Phi) is 5.65. The minimum Gasteiger partial charge on any atom is -0.454 e. The summed E-state index contributed by atoms with van der Waals surface area (Å²) in [6.45, 7) is 1.06. The molecule has 0 atom stereocenters. The molecule has 2 aromatic rings. The monoisotopic (exact) mass is 375 g/mol. The lowest BCUT2D eigenvalue weighted by Crippen LogP contribution is -2.14. The van der Waals surface area contributed by atoms with E-state index in [2.05, 4.69) is 21.2 Å². The minimum atomic E-state index is -0.555. The second-order valence-corrected chi connectivity index (χ2v) is 5.68. The number of hydrogen-bond donors (Lipinski definition) is 1. The number of halogens is 1. The van der Waals surface area contributed by atoms with Crippen molar-refractivity contribution in [3.8, 4) is 0 Å². The smallest absolute Gasteiger partial charge is 0.338 e. The van der Waals surface area contributed by atoms with E-state index in [1.807, 2.05) is 0 Å². The zero-order valence-corrected chi connectivity index (χ0v) is 13.9. The van der Waals surface area contributed by atoms with Gasteiger partial charge in [-0.3, -0.25) is 9.59 Å². The standard InChI is InChI=1S/C17H14BrNO4/c1-11(20)19-15-8-4-12(5-9-15)16(21)10-23-17(22)13-2-6-14(18)7-3-13/h2-9H,10H2,1H3,(H,19,20). The van der Waals surface area contributed by atoms with Crippen molar-refractivity contribution in [3.05, 3.63) is 64.1 Å². The molecular weight excluding hydrogens is 362 g/mol. The summed E-state index contributed by atoms with van der Waals surface area (Å²) in [6.07, 6.45) is 0. The summed E-state index contributed by atoms with van der Waals surface area (Å²) in [5.74, 6) is -1.06. The van der Waals surface area contributed by atoms with Crippen LogP contribution < -0.4 is 5.32 Å². The molecule has 1 amide bonds. The van der Waals surface area contributed by atoms with Crippen LogP contribution in [0.15, 0.2) is 53.0 Å². The number of amides is 1. The summed E-state index contributed by atoms with van der Waals surface area (Å²) in [7, 11) is 0. The zero-order valence-electron chi connectivity index (χ0n) is 12.3. The molecule has 0 aliphatic carbocycles. The third-order valence-electron chi connectivity index (χ3n) is 2.94. The summed E-state index contributed by atoms with van der Waals surface area (Å²) in [6, 6.07) is 13.0. The molecule has 2 aromatic carbocycles. The number of ketones is 1. The number of Topliss-reactive ketones (excluding diaryl/α,β-unsaturated/α-hetero) is 1. The fourth-order valence-electron chi connectivity index (χ4n) is 1.83. The van der Waals surface area contributed by atoms with Crippen molar-refractivity contribution in [2.75, 3.05) is 11.9 Å². The Hall–Kier alpha value is -2.47. The van der Waals surface area contributed by atoms with Crippen LogP contribution in [-0.2, 0) is 9.53 Å². The fraction of sp³-hybridized carbons (Fsp3) is 0.118. The molecule has 0 spiro atoms. The Morgan fingerprint density at radius 2 is 1.52 bits per heavy atom. The van der Waals surface area contributed by atoms with E-state index in [0.717, 1.165) is 4.47 Å². The summed E-state index contributed by atoms with van der Waals surface area (Å²) in [4.78, 5) is 34.8. The highest BCUT2D eigenvalue weighted by molar-refractivity contribution is 9.10. The van der Waals surface area contributed by atoms with E-state index in [4.69, 9.17) is 4.74 Å². The van der Waals surface area contributed by atoms with Crippen molar-refractivity contribution < 1.29 is 19.1 Å². The van der Waals surface area contributed by atoms with Gasteiger partial charge in [-0.1, -0.05) is 15.9 Å². The molecule has 6 heteroatoms. The second-order valence-electron chi connectivity index (χ2n) is 4.76. The molecule has 0 saturated carbocycles. The van der Waals surface area contributed by atoms with Gasteiger partial charge in [-0.25, -0.2) is 4.79 Å². The topological polar surface area (TPSA) is 72.5 Å². The van der Waals surface area contributed by atoms with E-state index in [-0.39, 0.29) is 18.3 Å². The largest absolute Gasteiger partial charge is 0.454 e. The Bertz CT molecular complexity index is 723. The Labute approximate surface area is 141 Å². The number of nitrogens with one attached hydrogen (secondary N) is 1. The molecule has 0 fully saturated rings. The molecule has 0 aliphatic rings. The van der Waals surface area contributed by atoms with E-state index >= 15 is 0 Å². The highest BCUT2D eigenvalue weighted by atomic mass is 79.9. The van der Waals surface area contributed by atoms with Crippen LogP contribution in [0, 0.1) is 0 Å². The molecule has 23 heavy (non-hydrogen) atoms. The van der Waals surface area contributed by atoms with Crippen LogP contribution in [0.25, 0.3) is 0 Å². The Morgan fingerprint density at radius 3 is 2.09 bits per heavy atom. The van der Waals surface area contributed by atoms with Crippen LogP contribution >= 0.6 is 15.9 Å². The molecule has 118 valence electrons. The molecular formula is C17H14BrNO4. The van der Waals surface area contributed by atoms with E-state index in [9.17, 15) is 14.4 Å². The van der Waals surface area contributed by atoms with Crippen molar-refractivity contribution in [2.24, 2.45) is 0 Å². The van der Waals surface area contributed by atoms with Crippen molar-refractivity contribution in [3.63, 3.8) is 0 Å². The van der Waals surface area contributed by atoms with Crippen LogP contribution in [0.4, 0.5) is 5.69 Å². The van der Waals surface area contributed by atoms with Crippen LogP contribution in [-0.4, -0.2) is 24.3 Å². The predicted octanol–water partition coefficient (Wildman–Crippen LogP) is 3.45. The third-order valence-corrected chi connectivity index (χ3v) is 3.47. The lowest BCUT2D eigenvalue weighted by atomic mass is 10.1. The van der Waals surface area contributed by atoms with Gasteiger partial charge in [0.25, 0.3) is 0 Å². The SMILES string of the molecule is CC(=O)Nc1ccc(C(=O)COC(=O)c2ccc(Br)cc2)cc1. The quantitative estimate of drug-likeness (QED) is 0.641. The van der Waals surface area contributed by atoms with E-state index < -0.39 is 5.97 Å². The van der Waals surface area contributed by atoms with E-state index in [0.29, 0.717) is 16.8 Å². The second kappa shape index (κ2) is 7.69. The number of esters is 1. The Morgan fingerprint density at radius 1 is 0.957 bits per heavy atom. The van der Waals surface area contributed by atoms with Gasteiger partial charge in [-0.05, 0) is 48.5 Å². The molecule has 0 aromatic heterocycles. The highest BCUT2D eigenvalue weighted by Crippen LogP contribution is 2.13. The molecule has 0 saturated heterocycles. The van der Waals surface area contributed by atoms with Crippen LogP contribution in [0.5, 0.6) is 0 Å². The molecule has 1 N–H and O–H groups in total. The van der Waals surface area contributed by atoms with E-state index in [1.54, 1.807) is 48.5 Å². The average molecular weight is 376 g/mol. The first-order valence-corrected chi connectivity index (χ1v) is 7.58. The average Bonchev–Trinajstić information content (AvgIpc) is 2.53. The van der Waals surface area contributed by atoms with Gasteiger partial charge in [0.2, 0.25) is 5.91 Å². The zero-order chi connectivity index (χ0) is 16.8. The van der Waals surface area contributed by atoms with Crippen molar-refractivity contribution in [1.29, 1.82) is 0 Å². The number of benzene rings is 2. The van der Waals surface area contributed by atoms with Crippen molar-refractivity contribution >= 4 is 39.3 Å². The molecule has 2 rings (SSSR count). The maximum atomic E-state index is 12.0. The van der Waals surface area contributed by atoms with Gasteiger partial charge in [-0.2, -0.15) is 0 Å². The maximum absolute atomic E-state index is 12.0. The molecule has 0 unspecified atom stereocenters. The lowest BCUT2D eigenvalue weighted by molar-refractivity contribution is -0.114. The lowest BCUT2D eigenvalue weighted by Gasteiger charge is -2.06. The van der Waals surface area contributed by atoms with Gasteiger partial charge in [0.05, 0.1) is 5.56 Å². The fourth-order valence-corrected chi connectivity index (χ4v) is 2.09. The third kappa shape index (κ3) is 5.03. The summed E-state index contributed by atoms with van der Waals surface area (Å²) >= 11 is 3.28. The normalized spacial score (nSPS) is 10.0. The number of anilines is 1. The molecule has 5 nitrogen and oxygen atoms in total. The first-order valence-electron chi connectivity index (χ1n) is 6.79. The van der Waals surface area contributed by atoms with Crippen LogP contribution in [0.3, 0.4) is 0 Å². The molecule has 0 heterocycles. The van der Waals surface area contributed by atoms with Crippen molar-refractivity contribution in [1.82, 2.24) is 0 Å². The first-order chi connectivity index (χ1) is 11.0. The molecule has 0 aliphatic heterocycles. The van der Waals surface area contributed by atoms with Gasteiger partial charge in [-0.15, -0.1) is 0 Å². The summed E-state index contributed by atoms with van der Waals surface area (Å²) in [5.41, 5.74) is 1.38. The number of carbonyl (C=O) groups excluding carboxylic acids is 3. The minimum absolute atomic E-state index is 0.187. The number of carbonyl (C=O) groups is 3. The van der Waals surface area contributed by atoms with Gasteiger partial charge in [0, 0.05) is 22.6 Å². The predicted molar refractivity (Wildman–Crippen MR) is 89.5 cm³/mol. The summed E-state index contributed by atoms with van der Waals surface area (Å²) < 4.78 is 5.86. The van der Waals surface area contributed by atoms with Crippen LogP contribution in [0.2, 0.25) is 0 Å². The van der Waals surface area contributed by atoms with E-state index in [1.165, 1.54) is 6.92 Å².